The molecule has 154 valence electrons. The number of piperidine rings is 1. The maximum absolute atomic E-state index is 13.6. The van der Waals surface area contributed by atoms with E-state index >= 15 is 0 Å². The lowest BCUT2D eigenvalue weighted by Gasteiger charge is -2.42. The van der Waals surface area contributed by atoms with Crippen LogP contribution < -0.4 is 5.73 Å². The number of nitrogens with two attached hydrogens (primary N) is 1. The van der Waals surface area contributed by atoms with Crippen LogP contribution >= 0.6 is 0 Å². The number of rotatable bonds is 2. The molecule has 0 spiro atoms. The van der Waals surface area contributed by atoms with Gasteiger partial charge >= 0.3 is 0 Å². The quantitative estimate of drug-likeness (QED) is 0.852. The van der Waals surface area contributed by atoms with Crippen molar-refractivity contribution in [2.24, 2.45) is 11.1 Å². The number of carbonyl (C=O) groups excluding carboxylic acids is 1. The van der Waals surface area contributed by atoms with Gasteiger partial charge in [-0.2, -0.15) is 5.10 Å². The summed E-state index contributed by atoms with van der Waals surface area (Å²) in [6.45, 7) is 18.1. The highest BCUT2D eigenvalue weighted by molar-refractivity contribution is 6.06. The van der Waals surface area contributed by atoms with E-state index in [2.05, 4.69) is 48.5 Å². The molecule has 2 N–H and O–H groups in total. The normalized spacial score (nSPS) is 20.2. The predicted octanol–water partition coefficient (Wildman–Crippen LogP) is 3.82. The first-order valence-electron chi connectivity index (χ1n) is 10.3. The highest BCUT2D eigenvalue weighted by Gasteiger charge is 2.36. The average molecular weight is 386 g/mol. The van der Waals surface area contributed by atoms with Crippen LogP contribution in [0.15, 0.2) is 6.07 Å². The van der Waals surface area contributed by atoms with Crippen molar-refractivity contribution in [3.63, 3.8) is 0 Å². The largest absolute Gasteiger partial charge is 0.338 e. The molecule has 1 aliphatic rings. The van der Waals surface area contributed by atoms with Gasteiger partial charge < -0.3 is 10.6 Å². The zero-order valence-corrected chi connectivity index (χ0v) is 18.6. The zero-order chi connectivity index (χ0) is 21.0. The van der Waals surface area contributed by atoms with E-state index in [0.717, 1.165) is 28.8 Å². The number of aromatic nitrogens is 3. The molecule has 1 atom stereocenters. The number of fused-ring (bicyclic) bond motifs is 1. The Morgan fingerprint density at radius 2 is 1.96 bits per heavy atom. The molecule has 3 rings (SSSR count). The molecule has 1 unspecified atom stereocenters. The van der Waals surface area contributed by atoms with Crippen LogP contribution in [0.1, 0.15) is 82.6 Å². The lowest BCUT2D eigenvalue weighted by atomic mass is 9.79. The topological polar surface area (TPSA) is 77.0 Å². The van der Waals surface area contributed by atoms with Gasteiger partial charge in [0.2, 0.25) is 0 Å². The molecule has 0 saturated carbocycles. The predicted molar refractivity (Wildman–Crippen MR) is 114 cm³/mol. The van der Waals surface area contributed by atoms with Gasteiger partial charge in [-0.15, -0.1) is 0 Å². The van der Waals surface area contributed by atoms with Gasteiger partial charge in [-0.05, 0) is 51.5 Å². The molecule has 1 amide bonds. The first kappa shape index (κ1) is 20.8. The summed E-state index contributed by atoms with van der Waals surface area (Å²) in [5.41, 5.74) is 9.27. The minimum absolute atomic E-state index is 0.0610. The summed E-state index contributed by atoms with van der Waals surface area (Å²) in [7, 11) is 0. The summed E-state index contributed by atoms with van der Waals surface area (Å²) >= 11 is 0. The Labute approximate surface area is 168 Å². The third-order valence-electron chi connectivity index (χ3n) is 5.89. The van der Waals surface area contributed by atoms with E-state index in [1.54, 1.807) is 0 Å². The van der Waals surface area contributed by atoms with E-state index in [9.17, 15) is 4.79 Å². The van der Waals surface area contributed by atoms with E-state index in [-0.39, 0.29) is 28.8 Å². The second-order valence-electron chi connectivity index (χ2n) is 10.2. The summed E-state index contributed by atoms with van der Waals surface area (Å²) in [6, 6.07) is 2.09. The molecular weight excluding hydrogens is 350 g/mol. The second kappa shape index (κ2) is 6.83. The number of pyridine rings is 1. The van der Waals surface area contributed by atoms with E-state index in [1.165, 1.54) is 0 Å². The number of aryl methyl sites for hydroxylation is 1. The van der Waals surface area contributed by atoms with Crippen molar-refractivity contribution in [2.45, 2.75) is 79.3 Å². The van der Waals surface area contributed by atoms with Crippen LogP contribution in [-0.2, 0) is 5.54 Å². The maximum atomic E-state index is 13.6. The van der Waals surface area contributed by atoms with Crippen molar-refractivity contribution in [3.8, 4) is 0 Å². The van der Waals surface area contributed by atoms with Crippen LogP contribution in [0, 0.1) is 12.3 Å². The number of likely N-dealkylation sites (tertiary alicyclic amines) is 1. The summed E-state index contributed by atoms with van der Waals surface area (Å²) in [5.74, 6) is 0.289. The molecule has 1 aliphatic heterocycles. The Hall–Kier alpha value is -1.95. The van der Waals surface area contributed by atoms with Crippen LogP contribution in [0.4, 0.5) is 0 Å². The fraction of sp³-hybridized carbons (Fsp3) is 0.682. The zero-order valence-electron chi connectivity index (χ0n) is 18.6. The summed E-state index contributed by atoms with van der Waals surface area (Å²) in [6.07, 6.45) is 0.824. The first-order chi connectivity index (χ1) is 12.8. The fourth-order valence-corrected chi connectivity index (χ4v) is 3.96. The molecule has 1 fully saturated rings. The molecule has 6 heteroatoms. The summed E-state index contributed by atoms with van der Waals surface area (Å²) in [4.78, 5) is 20.5. The van der Waals surface area contributed by atoms with E-state index in [4.69, 9.17) is 15.8 Å². The van der Waals surface area contributed by atoms with Crippen molar-refractivity contribution in [1.29, 1.82) is 0 Å². The summed E-state index contributed by atoms with van der Waals surface area (Å²) < 4.78 is 1.95. The van der Waals surface area contributed by atoms with Crippen molar-refractivity contribution < 1.29 is 4.79 Å². The van der Waals surface area contributed by atoms with Gasteiger partial charge in [-0.25, -0.2) is 9.67 Å². The molecule has 2 aromatic rings. The minimum atomic E-state index is -0.213. The van der Waals surface area contributed by atoms with Crippen LogP contribution in [0.5, 0.6) is 0 Å². The first-order valence-corrected chi connectivity index (χ1v) is 10.3. The molecule has 28 heavy (non-hydrogen) atoms. The standard InChI is InChI=1S/C22H35N5O/c1-13(2)16-11-15(20(28)26-10-9-17(23)22(7,8)12-26)18-14(3)25-27(19(18)24-16)21(4,5)6/h11,13,17H,9-10,12,23H2,1-8H3. The molecular formula is C22H35N5O. The van der Waals surface area contributed by atoms with Gasteiger partial charge in [0.25, 0.3) is 5.91 Å². The van der Waals surface area contributed by atoms with Crippen molar-refractivity contribution in [1.82, 2.24) is 19.7 Å². The van der Waals surface area contributed by atoms with E-state index in [1.807, 2.05) is 22.6 Å². The molecule has 3 heterocycles. The van der Waals surface area contributed by atoms with E-state index in [0.29, 0.717) is 18.7 Å². The maximum Gasteiger partial charge on any atom is 0.254 e. The third kappa shape index (κ3) is 3.54. The second-order valence-corrected chi connectivity index (χ2v) is 10.2. The number of carbonyl (C=O) groups is 1. The monoisotopic (exact) mass is 385 g/mol. The third-order valence-corrected chi connectivity index (χ3v) is 5.89. The van der Waals surface area contributed by atoms with Gasteiger partial charge in [0.1, 0.15) is 0 Å². The number of amides is 1. The number of hydrogen-bond acceptors (Lipinski definition) is 4. The van der Waals surface area contributed by atoms with Crippen LogP contribution in [-0.4, -0.2) is 44.7 Å². The van der Waals surface area contributed by atoms with Gasteiger partial charge in [0, 0.05) is 24.8 Å². The van der Waals surface area contributed by atoms with Crippen molar-refractivity contribution in [2.75, 3.05) is 13.1 Å². The lowest BCUT2D eigenvalue weighted by Crippen LogP contribution is -2.54. The van der Waals surface area contributed by atoms with Crippen molar-refractivity contribution >= 4 is 16.9 Å². The highest BCUT2D eigenvalue weighted by atomic mass is 16.2. The highest BCUT2D eigenvalue weighted by Crippen LogP contribution is 2.32. The Morgan fingerprint density at radius 3 is 2.50 bits per heavy atom. The van der Waals surface area contributed by atoms with E-state index < -0.39 is 0 Å². The van der Waals surface area contributed by atoms with Crippen molar-refractivity contribution in [3.05, 3.63) is 23.0 Å². The lowest BCUT2D eigenvalue weighted by molar-refractivity contribution is 0.0534. The molecule has 0 radical (unpaired) electrons. The Kier molecular flexibility index (Phi) is 5.07. The smallest absolute Gasteiger partial charge is 0.254 e. The van der Waals surface area contributed by atoms with Gasteiger partial charge in [0.15, 0.2) is 5.65 Å². The molecule has 6 nitrogen and oxygen atoms in total. The summed E-state index contributed by atoms with van der Waals surface area (Å²) in [5, 5.41) is 5.63. The number of hydrogen-bond donors (Lipinski definition) is 1. The van der Waals surface area contributed by atoms with Gasteiger partial charge in [-0.1, -0.05) is 27.7 Å². The Morgan fingerprint density at radius 1 is 1.32 bits per heavy atom. The molecule has 1 saturated heterocycles. The van der Waals surface area contributed by atoms with Crippen LogP contribution in [0.2, 0.25) is 0 Å². The van der Waals surface area contributed by atoms with Gasteiger partial charge in [0.05, 0.1) is 22.2 Å². The minimum Gasteiger partial charge on any atom is -0.338 e. The van der Waals surface area contributed by atoms with Crippen LogP contribution in [0.25, 0.3) is 11.0 Å². The molecule has 0 aromatic carbocycles. The number of nitrogens with zero attached hydrogens (tertiary/aromatic N) is 4. The Bertz CT molecular complexity index is 904. The molecule has 0 aliphatic carbocycles. The molecule has 0 bridgehead atoms. The SMILES string of the molecule is Cc1nn(C(C)(C)C)c2nc(C(C)C)cc(C(=O)N3CCC(N)C(C)(C)C3)c12. The van der Waals surface area contributed by atoms with Gasteiger partial charge in [-0.3, -0.25) is 4.79 Å². The van der Waals surface area contributed by atoms with Crippen LogP contribution in [0.3, 0.4) is 0 Å². The fourth-order valence-electron chi connectivity index (χ4n) is 3.96. The average Bonchev–Trinajstić information content (AvgIpc) is 2.93. The Balaban J connectivity index is 2.17. The molecule has 2 aromatic heterocycles.